The highest BCUT2D eigenvalue weighted by Crippen LogP contribution is 2.46. The maximum absolute atomic E-state index is 2.41. The lowest BCUT2D eigenvalue weighted by Gasteiger charge is -2.30. The van der Waals surface area contributed by atoms with Crippen molar-refractivity contribution in [2.75, 3.05) is 0 Å². The van der Waals surface area contributed by atoms with Gasteiger partial charge in [0.1, 0.15) is 0 Å². The molecule has 0 aromatic heterocycles. The van der Waals surface area contributed by atoms with Crippen LogP contribution in [0.3, 0.4) is 0 Å². The topological polar surface area (TPSA) is 0 Å². The summed E-state index contributed by atoms with van der Waals surface area (Å²) in [7, 11) is 0. The summed E-state index contributed by atoms with van der Waals surface area (Å²) in [6, 6.07) is 0. The summed E-state index contributed by atoms with van der Waals surface area (Å²) < 4.78 is 0. The van der Waals surface area contributed by atoms with Crippen molar-refractivity contribution in [1.82, 2.24) is 0 Å². The third-order valence-electron chi connectivity index (χ3n) is 3.44. The number of allylic oxidation sites excluding steroid dienone is 4. The third-order valence-corrected chi connectivity index (χ3v) is 3.44. The Morgan fingerprint density at radius 1 is 1.42 bits per heavy atom. The Balaban J connectivity index is 2.31. The van der Waals surface area contributed by atoms with Crippen LogP contribution < -0.4 is 0 Å². The quantitative estimate of drug-likeness (QED) is 0.509. The molecule has 0 aliphatic heterocycles. The molecule has 1 atom stereocenters. The van der Waals surface area contributed by atoms with E-state index in [1.807, 2.05) is 0 Å². The van der Waals surface area contributed by atoms with Crippen LogP contribution in [-0.4, -0.2) is 0 Å². The molecule has 0 aromatic carbocycles. The molecule has 0 N–H and O–H groups in total. The van der Waals surface area contributed by atoms with Crippen LogP contribution in [0.4, 0.5) is 0 Å². The minimum atomic E-state index is 0.509. The van der Waals surface area contributed by atoms with E-state index in [4.69, 9.17) is 0 Å². The average Bonchev–Trinajstić information content (AvgIpc) is 2.42. The lowest BCUT2D eigenvalue weighted by Crippen LogP contribution is -2.21. The highest BCUT2D eigenvalue weighted by atomic mass is 14.4. The number of rotatable bonds is 0. The van der Waals surface area contributed by atoms with E-state index in [0.717, 1.165) is 5.92 Å². The Morgan fingerprint density at radius 2 is 2.25 bits per heavy atom. The van der Waals surface area contributed by atoms with Gasteiger partial charge in [-0.2, -0.15) is 0 Å². The van der Waals surface area contributed by atoms with Crippen LogP contribution >= 0.6 is 0 Å². The van der Waals surface area contributed by atoms with Gasteiger partial charge < -0.3 is 0 Å². The fourth-order valence-corrected chi connectivity index (χ4v) is 2.67. The second kappa shape index (κ2) is 2.76. The Kier molecular flexibility index (Phi) is 1.86. The molecule has 0 bridgehead atoms. The van der Waals surface area contributed by atoms with Gasteiger partial charge in [-0.25, -0.2) is 0 Å². The molecule has 1 unspecified atom stereocenters. The zero-order valence-corrected chi connectivity index (χ0v) is 8.14. The highest BCUT2D eigenvalue weighted by Gasteiger charge is 2.34. The van der Waals surface area contributed by atoms with Gasteiger partial charge in [0.05, 0.1) is 0 Å². The van der Waals surface area contributed by atoms with Gasteiger partial charge in [0, 0.05) is 0 Å². The maximum atomic E-state index is 2.41. The van der Waals surface area contributed by atoms with Crippen LogP contribution in [0.25, 0.3) is 0 Å². The lowest BCUT2D eigenvalue weighted by molar-refractivity contribution is 0.257. The van der Waals surface area contributed by atoms with E-state index in [1.165, 1.54) is 25.7 Å². The second-order valence-electron chi connectivity index (χ2n) is 4.81. The van der Waals surface area contributed by atoms with Gasteiger partial charge in [-0.1, -0.05) is 37.6 Å². The molecule has 0 spiro atoms. The summed E-state index contributed by atoms with van der Waals surface area (Å²) >= 11 is 0. The van der Waals surface area contributed by atoms with Crippen LogP contribution in [0.5, 0.6) is 0 Å². The van der Waals surface area contributed by atoms with Crippen LogP contribution in [0.2, 0.25) is 0 Å². The summed E-state index contributed by atoms with van der Waals surface area (Å²) in [5.41, 5.74) is 2.21. The third kappa shape index (κ3) is 1.24. The van der Waals surface area contributed by atoms with Gasteiger partial charge in [0.15, 0.2) is 0 Å². The largest absolute Gasteiger partial charge is 0.0840 e. The molecular formula is C12H18. The van der Waals surface area contributed by atoms with Crippen molar-refractivity contribution in [3.63, 3.8) is 0 Å². The van der Waals surface area contributed by atoms with Gasteiger partial charge in [-0.05, 0) is 37.0 Å². The van der Waals surface area contributed by atoms with E-state index >= 15 is 0 Å². The Morgan fingerprint density at radius 3 is 3.08 bits per heavy atom. The lowest BCUT2D eigenvalue weighted by atomic mass is 9.74. The minimum absolute atomic E-state index is 0.509. The second-order valence-corrected chi connectivity index (χ2v) is 4.81. The van der Waals surface area contributed by atoms with E-state index in [1.54, 1.807) is 5.57 Å². The van der Waals surface area contributed by atoms with Crippen molar-refractivity contribution in [2.45, 2.75) is 39.5 Å². The van der Waals surface area contributed by atoms with E-state index in [2.05, 4.69) is 32.1 Å². The highest BCUT2D eigenvalue weighted by molar-refractivity contribution is 5.23. The maximum Gasteiger partial charge on any atom is -0.0146 e. The van der Waals surface area contributed by atoms with E-state index in [0.29, 0.717) is 5.41 Å². The van der Waals surface area contributed by atoms with Crippen molar-refractivity contribution in [2.24, 2.45) is 11.3 Å². The summed E-state index contributed by atoms with van der Waals surface area (Å²) in [6.07, 6.45) is 12.4. The Bertz CT molecular complexity index is 230. The first kappa shape index (κ1) is 8.10. The van der Waals surface area contributed by atoms with Gasteiger partial charge in [-0.15, -0.1) is 0 Å². The van der Waals surface area contributed by atoms with E-state index in [-0.39, 0.29) is 0 Å². The first-order valence-corrected chi connectivity index (χ1v) is 5.06. The molecule has 2 aliphatic rings. The zero-order valence-electron chi connectivity index (χ0n) is 8.14. The van der Waals surface area contributed by atoms with Gasteiger partial charge in [0.25, 0.3) is 0 Å². The summed E-state index contributed by atoms with van der Waals surface area (Å²) in [5, 5.41) is 0. The molecule has 2 rings (SSSR count). The van der Waals surface area contributed by atoms with Crippen LogP contribution in [0.15, 0.2) is 23.8 Å². The summed E-state index contributed by atoms with van der Waals surface area (Å²) in [6.45, 7) is 4.82. The van der Waals surface area contributed by atoms with Crippen LogP contribution in [-0.2, 0) is 0 Å². The molecule has 1 fully saturated rings. The monoisotopic (exact) mass is 162 g/mol. The molecule has 1 saturated carbocycles. The molecule has 0 nitrogen and oxygen atoms in total. The van der Waals surface area contributed by atoms with Crippen molar-refractivity contribution in [3.05, 3.63) is 23.8 Å². The van der Waals surface area contributed by atoms with Crippen molar-refractivity contribution in [3.8, 4) is 0 Å². The zero-order chi connectivity index (χ0) is 8.60. The summed E-state index contributed by atoms with van der Waals surface area (Å²) in [5.74, 6) is 0.868. The SMILES string of the molecule is CC1(C)CC=CC=C2CCCC21. The van der Waals surface area contributed by atoms with Crippen LogP contribution in [0.1, 0.15) is 39.5 Å². The predicted molar refractivity (Wildman–Crippen MR) is 53.0 cm³/mol. The molecule has 0 aromatic rings. The number of hydrogen-bond donors (Lipinski definition) is 0. The van der Waals surface area contributed by atoms with E-state index < -0.39 is 0 Å². The minimum Gasteiger partial charge on any atom is -0.0840 e. The first-order valence-electron chi connectivity index (χ1n) is 5.06. The molecule has 0 saturated heterocycles. The number of hydrogen-bond acceptors (Lipinski definition) is 0. The Labute approximate surface area is 75.4 Å². The average molecular weight is 162 g/mol. The fraction of sp³-hybridized carbons (Fsp3) is 0.667. The van der Waals surface area contributed by atoms with Crippen molar-refractivity contribution in [1.29, 1.82) is 0 Å². The van der Waals surface area contributed by atoms with Gasteiger partial charge >= 0.3 is 0 Å². The molecular weight excluding hydrogens is 144 g/mol. The molecule has 0 amide bonds. The standard InChI is InChI=1S/C12H18/c1-12(2)9-4-3-6-10-7-5-8-11(10)12/h3-4,6,11H,5,7-9H2,1-2H3. The molecule has 0 heterocycles. The fourth-order valence-electron chi connectivity index (χ4n) is 2.67. The van der Waals surface area contributed by atoms with Crippen LogP contribution in [0, 0.1) is 11.3 Å². The van der Waals surface area contributed by atoms with Gasteiger partial charge in [-0.3, -0.25) is 0 Å². The molecule has 0 heteroatoms. The van der Waals surface area contributed by atoms with Crippen molar-refractivity contribution >= 4 is 0 Å². The first-order chi connectivity index (χ1) is 5.70. The number of fused-ring (bicyclic) bond motifs is 1. The smallest absolute Gasteiger partial charge is 0.0146 e. The molecule has 2 aliphatic carbocycles. The van der Waals surface area contributed by atoms with Crippen molar-refractivity contribution < 1.29 is 0 Å². The van der Waals surface area contributed by atoms with Gasteiger partial charge in [0.2, 0.25) is 0 Å². The Hall–Kier alpha value is -0.520. The molecule has 0 radical (unpaired) electrons. The molecule has 66 valence electrons. The summed E-state index contributed by atoms with van der Waals surface area (Å²) in [4.78, 5) is 0. The predicted octanol–water partition coefficient (Wildman–Crippen LogP) is 3.70. The van der Waals surface area contributed by atoms with E-state index in [9.17, 15) is 0 Å². The normalized spacial score (nSPS) is 32.5. The molecule has 12 heavy (non-hydrogen) atoms.